The van der Waals surface area contributed by atoms with Crippen LogP contribution in [0.5, 0.6) is 5.88 Å². The Morgan fingerprint density at radius 2 is 2.07 bits per heavy atom. The van der Waals surface area contributed by atoms with Crippen LogP contribution in [0.3, 0.4) is 0 Å². The fourth-order valence-corrected chi connectivity index (χ4v) is 1.64. The quantitative estimate of drug-likeness (QED) is 0.720. The van der Waals surface area contributed by atoms with Gasteiger partial charge in [-0.05, 0) is 39.3 Å². The standard InChI is InChI=1S/C11H16ClNO/c1-7(2)14-11-10(6-12)8(3)5-9(4)13-11/h5,7H,6H2,1-4H3. The number of aryl methyl sites for hydroxylation is 2. The number of pyridine rings is 1. The summed E-state index contributed by atoms with van der Waals surface area (Å²) < 4.78 is 5.60. The van der Waals surface area contributed by atoms with Crippen molar-refractivity contribution in [1.29, 1.82) is 0 Å². The van der Waals surface area contributed by atoms with E-state index in [0.29, 0.717) is 11.8 Å². The molecule has 0 aliphatic heterocycles. The molecule has 0 aliphatic carbocycles. The summed E-state index contributed by atoms with van der Waals surface area (Å²) in [5.74, 6) is 1.12. The van der Waals surface area contributed by atoms with Crippen molar-refractivity contribution in [3.05, 3.63) is 22.9 Å². The highest BCUT2D eigenvalue weighted by molar-refractivity contribution is 6.17. The molecule has 1 rings (SSSR count). The molecule has 0 atom stereocenters. The van der Waals surface area contributed by atoms with Crippen molar-refractivity contribution < 1.29 is 4.74 Å². The minimum atomic E-state index is 0.130. The summed E-state index contributed by atoms with van der Waals surface area (Å²) in [4.78, 5) is 4.34. The van der Waals surface area contributed by atoms with Gasteiger partial charge in [-0.2, -0.15) is 0 Å². The maximum Gasteiger partial charge on any atom is 0.218 e. The molecule has 1 aromatic heterocycles. The molecule has 1 heterocycles. The van der Waals surface area contributed by atoms with Crippen molar-refractivity contribution in [2.24, 2.45) is 0 Å². The molecule has 0 amide bonds. The van der Waals surface area contributed by atoms with Crippen LogP contribution in [0.4, 0.5) is 0 Å². The van der Waals surface area contributed by atoms with Gasteiger partial charge in [-0.1, -0.05) is 0 Å². The molecule has 0 fully saturated rings. The van der Waals surface area contributed by atoms with Crippen LogP contribution in [0.25, 0.3) is 0 Å². The Hall–Kier alpha value is -0.760. The molecule has 3 heteroatoms. The molecule has 0 bridgehead atoms. The highest BCUT2D eigenvalue weighted by Crippen LogP contribution is 2.23. The Morgan fingerprint density at radius 3 is 2.57 bits per heavy atom. The molecule has 0 aliphatic rings. The highest BCUT2D eigenvalue weighted by atomic mass is 35.5. The molecule has 2 nitrogen and oxygen atoms in total. The van der Waals surface area contributed by atoms with Gasteiger partial charge in [0, 0.05) is 11.3 Å². The van der Waals surface area contributed by atoms with Gasteiger partial charge in [-0.3, -0.25) is 0 Å². The van der Waals surface area contributed by atoms with E-state index in [4.69, 9.17) is 16.3 Å². The maximum atomic E-state index is 5.85. The van der Waals surface area contributed by atoms with E-state index in [0.717, 1.165) is 16.8 Å². The number of hydrogen-bond acceptors (Lipinski definition) is 2. The minimum Gasteiger partial charge on any atom is -0.475 e. The second kappa shape index (κ2) is 4.65. The zero-order valence-corrected chi connectivity index (χ0v) is 9.85. The van der Waals surface area contributed by atoms with Gasteiger partial charge < -0.3 is 4.74 Å². The zero-order valence-electron chi connectivity index (χ0n) is 9.10. The summed E-state index contributed by atoms with van der Waals surface area (Å²) in [5, 5.41) is 0. The van der Waals surface area contributed by atoms with Crippen LogP contribution in [-0.4, -0.2) is 11.1 Å². The number of aromatic nitrogens is 1. The van der Waals surface area contributed by atoms with Crippen molar-refractivity contribution in [1.82, 2.24) is 4.98 Å². The molecular weight excluding hydrogens is 198 g/mol. The molecule has 0 N–H and O–H groups in total. The number of hydrogen-bond donors (Lipinski definition) is 0. The lowest BCUT2D eigenvalue weighted by atomic mass is 10.1. The van der Waals surface area contributed by atoms with E-state index in [-0.39, 0.29) is 6.10 Å². The SMILES string of the molecule is Cc1cc(C)c(CCl)c(OC(C)C)n1. The summed E-state index contributed by atoms with van der Waals surface area (Å²) in [6.07, 6.45) is 0.130. The molecule has 0 saturated heterocycles. The van der Waals surface area contributed by atoms with Crippen LogP contribution in [0.2, 0.25) is 0 Å². The van der Waals surface area contributed by atoms with Gasteiger partial charge in [0.2, 0.25) is 5.88 Å². The number of halogens is 1. The lowest BCUT2D eigenvalue weighted by Crippen LogP contribution is -2.10. The van der Waals surface area contributed by atoms with E-state index < -0.39 is 0 Å². The summed E-state index contributed by atoms with van der Waals surface area (Å²) >= 11 is 5.85. The van der Waals surface area contributed by atoms with E-state index in [9.17, 15) is 0 Å². The first-order valence-electron chi connectivity index (χ1n) is 4.74. The second-order valence-corrected chi connectivity index (χ2v) is 3.93. The lowest BCUT2D eigenvalue weighted by Gasteiger charge is -2.14. The predicted octanol–water partition coefficient (Wildman–Crippen LogP) is 3.22. The van der Waals surface area contributed by atoms with Crippen molar-refractivity contribution in [3.8, 4) is 5.88 Å². The third kappa shape index (κ3) is 2.61. The third-order valence-electron chi connectivity index (χ3n) is 1.92. The number of alkyl halides is 1. The van der Waals surface area contributed by atoms with Crippen molar-refractivity contribution in [3.63, 3.8) is 0 Å². The van der Waals surface area contributed by atoms with Crippen LogP contribution >= 0.6 is 11.6 Å². The summed E-state index contributed by atoms with van der Waals surface area (Å²) in [5.41, 5.74) is 3.10. The topological polar surface area (TPSA) is 22.1 Å². The fourth-order valence-electron chi connectivity index (χ4n) is 1.31. The van der Waals surface area contributed by atoms with E-state index in [2.05, 4.69) is 4.98 Å². The first-order valence-corrected chi connectivity index (χ1v) is 5.27. The Labute approximate surface area is 90.3 Å². The molecule has 0 aromatic carbocycles. The van der Waals surface area contributed by atoms with Gasteiger partial charge in [0.1, 0.15) is 0 Å². The van der Waals surface area contributed by atoms with E-state index in [1.165, 1.54) is 0 Å². The molecule has 1 aromatic rings. The molecule has 78 valence electrons. The van der Waals surface area contributed by atoms with Gasteiger partial charge in [0.05, 0.1) is 12.0 Å². The van der Waals surface area contributed by atoms with E-state index in [1.807, 2.05) is 33.8 Å². The third-order valence-corrected chi connectivity index (χ3v) is 2.19. The monoisotopic (exact) mass is 213 g/mol. The van der Waals surface area contributed by atoms with Crippen LogP contribution in [-0.2, 0) is 5.88 Å². The smallest absolute Gasteiger partial charge is 0.218 e. The summed E-state index contributed by atoms with van der Waals surface area (Å²) in [6, 6.07) is 2.02. The number of rotatable bonds is 3. The van der Waals surface area contributed by atoms with Crippen molar-refractivity contribution >= 4 is 11.6 Å². The van der Waals surface area contributed by atoms with Crippen LogP contribution < -0.4 is 4.74 Å². The largest absolute Gasteiger partial charge is 0.475 e. The Kier molecular flexibility index (Phi) is 3.76. The van der Waals surface area contributed by atoms with Crippen molar-refractivity contribution in [2.45, 2.75) is 39.7 Å². The molecule has 14 heavy (non-hydrogen) atoms. The summed E-state index contributed by atoms with van der Waals surface area (Å²) in [7, 11) is 0. The number of nitrogens with zero attached hydrogens (tertiary/aromatic N) is 1. The zero-order chi connectivity index (χ0) is 10.7. The van der Waals surface area contributed by atoms with Crippen LogP contribution in [0.1, 0.15) is 30.7 Å². The number of ether oxygens (including phenoxy) is 1. The average molecular weight is 214 g/mol. The molecule has 0 spiro atoms. The highest BCUT2D eigenvalue weighted by Gasteiger charge is 2.10. The van der Waals surface area contributed by atoms with Crippen LogP contribution in [0, 0.1) is 13.8 Å². The average Bonchev–Trinajstić information content (AvgIpc) is 2.01. The molecule has 0 saturated carbocycles. The second-order valence-electron chi connectivity index (χ2n) is 3.66. The Balaban J connectivity index is 3.11. The fraction of sp³-hybridized carbons (Fsp3) is 0.545. The lowest BCUT2D eigenvalue weighted by molar-refractivity contribution is 0.230. The van der Waals surface area contributed by atoms with Gasteiger partial charge in [-0.25, -0.2) is 4.98 Å². The predicted molar refractivity (Wildman–Crippen MR) is 59.0 cm³/mol. The first-order chi connectivity index (χ1) is 6.54. The minimum absolute atomic E-state index is 0.130. The van der Waals surface area contributed by atoms with Gasteiger partial charge in [0.25, 0.3) is 0 Å². The van der Waals surface area contributed by atoms with Gasteiger partial charge in [0.15, 0.2) is 0 Å². The Morgan fingerprint density at radius 1 is 1.43 bits per heavy atom. The van der Waals surface area contributed by atoms with Crippen molar-refractivity contribution in [2.75, 3.05) is 0 Å². The normalized spacial score (nSPS) is 10.7. The molecule has 0 unspecified atom stereocenters. The Bertz CT molecular complexity index is 323. The maximum absolute atomic E-state index is 5.85. The van der Waals surface area contributed by atoms with Gasteiger partial charge in [-0.15, -0.1) is 11.6 Å². The van der Waals surface area contributed by atoms with E-state index in [1.54, 1.807) is 0 Å². The van der Waals surface area contributed by atoms with E-state index >= 15 is 0 Å². The summed E-state index contributed by atoms with van der Waals surface area (Å²) in [6.45, 7) is 7.95. The first kappa shape index (κ1) is 11.3. The van der Waals surface area contributed by atoms with Crippen LogP contribution in [0.15, 0.2) is 6.07 Å². The molecule has 0 radical (unpaired) electrons. The van der Waals surface area contributed by atoms with Gasteiger partial charge >= 0.3 is 0 Å². The molecular formula is C11H16ClNO.